The van der Waals surface area contributed by atoms with Crippen LogP contribution in [0, 0.1) is 0 Å². The molecule has 0 saturated carbocycles. The van der Waals surface area contributed by atoms with E-state index < -0.39 is 0 Å². The first-order valence-electron chi connectivity index (χ1n) is 6.41. The maximum atomic E-state index is 12.3. The summed E-state index contributed by atoms with van der Waals surface area (Å²) < 4.78 is 1.69. The number of fused-ring (bicyclic) bond motifs is 1. The lowest BCUT2D eigenvalue weighted by Crippen LogP contribution is -2.45. The summed E-state index contributed by atoms with van der Waals surface area (Å²) in [4.78, 5) is 14.3. The van der Waals surface area contributed by atoms with E-state index in [0.717, 1.165) is 29.1 Å². The summed E-state index contributed by atoms with van der Waals surface area (Å²) in [7, 11) is 0. The van der Waals surface area contributed by atoms with Crippen molar-refractivity contribution < 1.29 is 4.79 Å². The molecule has 3 rings (SSSR count). The number of amides is 1. The van der Waals surface area contributed by atoms with E-state index in [1.54, 1.807) is 4.68 Å². The van der Waals surface area contributed by atoms with E-state index in [1.807, 2.05) is 40.9 Å². The van der Waals surface area contributed by atoms with E-state index in [9.17, 15) is 4.79 Å². The molecule has 0 aliphatic carbocycles. The topological polar surface area (TPSA) is 51.0 Å². The maximum absolute atomic E-state index is 12.3. The molecule has 1 amide bonds. The van der Waals surface area contributed by atoms with Gasteiger partial charge in [0.1, 0.15) is 12.1 Å². The molecule has 1 aromatic heterocycles. The minimum atomic E-state index is 0.128. The zero-order valence-electron chi connectivity index (χ0n) is 10.8. The molecule has 100 valence electrons. The van der Waals surface area contributed by atoms with Crippen molar-refractivity contribution in [3.63, 3.8) is 0 Å². The highest BCUT2D eigenvalue weighted by Gasteiger charge is 2.24. The van der Waals surface area contributed by atoms with Crippen LogP contribution < -0.4 is 0 Å². The molecule has 1 fully saturated rings. The average Bonchev–Trinajstić information content (AvgIpc) is 2.83. The number of carbonyl (C=O) groups is 1. The molecule has 0 spiro atoms. The zero-order valence-corrected chi connectivity index (χ0v) is 11.6. The highest BCUT2D eigenvalue weighted by Crippen LogP contribution is 2.17. The van der Waals surface area contributed by atoms with E-state index in [-0.39, 0.29) is 12.5 Å². The molecule has 1 aromatic carbocycles. The fourth-order valence-electron chi connectivity index (χ4n) is 2.35. The van der Waals surface area contributed by atoms with Crippen LogP contribution in [0.15, 0.2) is 24.3 Å². The molecule has 5 nitrogen and oxygen atoms in total. The molecule has 19 heavy (non-hydrogen) atoms. The SMILES string of the molecule is CC1CSCCN1C(=O)Cn1nnc2ccccc21. The van der Waals surface area contributed by atoms with Gasteiger partial charge in [-0.25, -0.2) is 4.68 Å². The number of nitrogens with zero attached hydrogens (tertiary/aromatic N) is 4. The molecular weight excluding hydrogens is 260 g/mol. The lowest BCUT2D eigenvalue weighted by atomic mass is 10.3. The molecule has 0 radical (unpaired) electrons. The third-order valence-corrected chi connectivity index (χ3v) is 4.58. The van der Waals surface area contributed by atoms with Crippen molar-refractivity contribution in [1.29, 1.82) is 0 Å². The second kappa shape index (κ2) is 5.21. The van der Waals surface area contributed by atoms with Gasteiger partial charge in [-0.05, 0) is 19.1 Å². The monoisotopic (exact) mass is 276 g/mol. The van der Waals surface area contributed by atoms with Gasteiger partial charge in [0.25, 0.3) is 0 Å². The number of thioether (sulfide) groups is 1. The van der Waals surface area contributed by atoms with Gasteiger partial charge >= 0.3 is 0 Å². The highest BCUT2D eigenvalue weighted by atomic mass is 32.2. The van der Waals surface area contributed by atoms with Crippen molar-refractivity contribution >= 4 is 28.7 Å². The number of benzene rings is 1. The lowest BCUT2D eigenvalue weighted by Gasteiger charge is -2.33. The van der Waals surface area contributed by atoms with E-state index in [4.69, 9.17) is 0 Å². The Kier molecular flexibility index (Phi) is 3.42. The Bertz CT molecular complexity index is 597. The van der Waals surface area contributed by atoms with Gasteiger partial charge in [-0.1, -0.05) is 17.3 Å². The first-order valence-corrected chi connectivity index (χ1v) is 7.56. The standard InChI is InChI=1S/C13H16N4OS/c1-10-9-19-7-6-16(10)13(18)8-17-12-5-3-2-4-11(12)14-15-17/h2-5,10H,6-9H2,1H3. The first kappa shape index (κ1) is 12.5. The third kappa shape index (κ3) is 2.45. The largest absolute Gasteiger partial charge is 0.337 e. The lowest BCUT2D eigenvalue weighted by molar-refractivity contribution is -0.133. The van der Waals surface area contributed by atoms with Gasteiger partial charge < -0.3 is 4.90 Å². The predicted molar refractivity (Wildman–Crippen MR) is 76.0 cm³/mol. The number of carbonyl (C=O) groups excluding carboxylic acids is 1. The van der Waals surface area contributed by atoms with Crippen LogP contribution in [-0.2, 0) is 11.3 Å². The number of hydrogen-bond acceptors (Lipinski definition) is 4. The van der Waals surface area contributed by atoms with Crippen molar-refractivity contribution in [3.8, 4) is 0 Å². The van der Waals surface area contributed by atoms with Crippen molar-refractivity contribution in [3.05, 3.63) is 24.3 Å². The Hall–Kier alpha value is -1.56. The highest BCUT2D eigenvalue weighted by molar-refractivity contribution is 7.99. The van der Waals surface area contributed by atoms with E-state index in [1.165, 1.54) is 0 Å². The van der Waals surface area contributed by atoms with Crippen molar-refractivity contribution in [2.24, 2.45) is 0 Å². The van der Waals surface area contributed by atoms with Gasteiger partial charge in [0.05, 0.1) is 5.52 Å². The normalized spacial score (nSPS) is 19.8. The van der Waals surface area contributed by atoms with Crippen LogP contribution in [0.4, 0.5) is 0 Å². The minimum Gasteiger partial charge on any atom is -0.337 e. The number of hydrogen-bond donors (Lipinski definition) is 0. The summed E-state index contributed by atoms with van der Waals surface area (Å²) in [5.41, 5.74) is 1.74. The Morgan fingerprint density at radius 1 is 1.47 bits per heavy atom. The molecule has 0 N–H and O–H groups in total. The van der Waals surface area contributed by atoms with Gasteiger partial charge in [0.2, 0.25) is 5.91 Å². The Morgan fingerprint density at radius 2 is 2.32 bits per heavy atom. The van der Waals surface area contributed by atoms with Gasteiger partial charge in [-0.3, -0.25) is 4.79 Å². The Balaban J connectivity index is 1.79. The number of aromatic nitrogens is 3. The summed E-state index contributed by atoms with van der Waals surface area (Å²) in [6.45, 7) is 3.20. The molecule has 2 heterocycles. The van der Waals surface area contributed by atoms with Gasteiger partial charge in [-0.2, -0.15) is 11.8 Å². The summed E-state index contributed by atoms with van der Waals surface area (Å²) in [5.74, 6) is 2.17. The molecule has 2 aromatic rings. The first-order chi connectivity index (χ1) is 9.25. The van der Waals surface area contributed by atoms with Crippen LogP contribution in [0.1, 0.15) is 6.92 Å². The molecule has 1 unspecified atom stereocenters. The zero-order chi connectivity index (χ0) is 13.2. The van der Waals surface area contributed by atoms with E-state index >= 15 is 0 Å². The second-order valence-corrected chi connectivity index (χ2v) is 5.90. The summed E-state index contributed by atoms with van der Waals surface area (Å²) in [5, 5.41) is 8.14. The van der Waals surface area contributed by atoms with Gasteiger partial charge in [0, 0.05) is 24.1 Å². The van der Waals surface area contributed by atoms with Crippen molar-refractivity contribution in [2.45, 2.75) is 19.5 Å². The third-order valence-electron chi connectivity index (χ3n) is 3.39. The van der Waals surface area contributed by atoms with Crippen LogP contribution in [0.5, 0.6) is 0 Å². The number of para-hydroxylation sites is 1. The van der Waals surface area contributed by atoms with E-state index in [2.05, 4.69) is 17.2 Å². The molecule has 0 bridgehead atoms. The van der Waals surface area contributed by atoms with Crippen molar-refractivity contribution in [2.75, 3.05) is 18.1 Å². The molecule has 1 atom stereocenters. The van der Waals surface area contributed by atoms with Crippen LogP contribution in [0.2, 0.25) is 0 Å². The molecular formula is C13H16N4OS. The summed E-state index contributed by atoms with van der Waals surface area (Å²) >= 11 is 1.91. The molecule has 1 aliphatic rings. The maximum Gasteiger partial charge on any atom is 0.244 e. The quantitative estimate of drug-likeness (QED) is 0.832. The molecule has 1 saturated heterocycles. The van der Waals surface area contributed by atoms with Crippen molar-refractivity contribution in [1.82, 2.24) is 19.9 Å². The Labute approximate surface area is 116 Å². The molecule has 1 aliphatic heterocycles. The van der Waals surface area contributed by atoms with E-state index in [0.29, 0.717) is 6.04 Å². The van der Waals surface area contributed by atoms with Gasteiger partial charge in [0.15, 0.2) is 0 Å². The van der Waals surface area contributed by atoms with Crippen LogP contribution in [0.25, 0.3) is 11.0 Å². The molecule has 6 heteroatoms. The van der Waals surface area contributed by atoms with Crippen LogP contribution in [-0.4, -0.2) is 49.9 Å². The van der Waals surface area contributed by atoms with Crippen LogP contribution >= 0.6 is 11.8 Å². The summed E-state index contributed by atoms with van der Waals surface area (Å²) in [6, 6.07) is 8.02. The predicted octanol–water partition coefficient (Wildman–Crippen LogP) is 1.40. The van der Waals surface area contributed by atoms with Gasteiger partial charge in [-0.15, -0.1) is 5.10 Å². The fraction of sp³-hybridized carbons (Fsp3) is 0.462. The summed E-state index contributed by atoms with van der Waals surface area (Å²) in [6.07, 6.45) is 0. The Morgan fingerprint density at radius 3 is 3.16 bits per heavy atom. The number of rotatable bonds is 2. The smallest absolute Gasteiger partial charge is 0.244 e. The van der Waals surface area contributed by atoms with Crippen LogP contribution in [0.3, 0.4) is 0 Å². The minimum absolute atomic E-state index is 0.128. The second-order valence-electron chi connectivity index (χ2n) is 4.75. The average molecular weight is 276 g/mol. The fourth-order valence-corrected chi connectivity index (χ4v) is 3.36.